The lowest BCUT2D eigenvalue weighted by molar-refractivity contribution is -0.276. The molecule has 7 unspecified atom stereocenters. The minimum Gasteiger partial charge on any atom is -0.325 e. The van der Waals surface area contributed by atoms with Crippen LogP contribution < -0.4 is 5.73 Å². The second-order valence-corrected chi connectivity index (χ2v) is 6.96. The molecular weight excluding hydrogens is 198 g/mol. The first-order chi connectivity index (χ1) is 6.10. The number of thiol groups is 2. The van der Waals surface area contributed by atoms with E-state index in [1.165, 1.54) is 19.3 Å². The number of hydrogen-bond acceptors (Lipinski definition) is 3. The lowest BCUT2D eigenvalue weighted by atomic mass is 9.25. The topological polar surface area (TPSA) is 26.0 Å². The van der Waals surface area contributed by atoms with Crippen LogP contribution in [0.3, 0.4) is 0 Å². The van der Waals surface area contributed by atoms with Crippen LogP contribution in [0.1, 0.15) is 19.3 Å². The third-order valence-corrected chi connectivity index (χ3v) is 7.34. The quantitative estimate of drug-likeness (QED) is 0.520. The molecule has 4 aliphatic rings. The van der Waals surface area contributed by atoms with Crippen molar-refractivity contribution >= 4 is 25.3 Å². The number of hydrogen-bond donors (Lipinski definition) is 3. The van der Waals surface area contributed by atoms with Gasteiger partial charge in [-0.25, -0.2) is 0 Å². The minimum absolute atomic E-state index is 0.199. The van der Waals surface area contributed by atoms with Crippen molar-refractivity contribution < 1.29 is 0 Å². The minimum atomic E-state index is 0.199. The molecule has 13 heavy (non-hydrogen) atoms. The molecule has 0 bridgehead atoms. The van der Waals surface area contributed by atoms with E-state index in [-0.39, 0.29) is 10.3 Å². The van der Waals surface area contributed by atoms with Crippen LogP contribution in [0.2, 0.25) is 0 Å². The van der Waals surface area contributed by atoms with Crippen LogP contribution in [-0.2, 0) is 0 Å². The van der Waals surface area contributed by atoms with Crippen LogP contribution in [0, 0.1) is 23.7 Å². The maximum atomic E-state index is 6.39. The van der Waals surface area contributed by atoms with Gasteiger partial charge >= 0.3 is 0 Å². The van der Waals surface area contributed by atoms with Crippen LogP contribution in [0.4, 0.5) is 0 Å². The highest BCUT2D eigenvalue weighted by atomic mass is 32.1. The summed E-state index contributed by atoms with van der Waals surface area (Å²) in [6.07, 6.45) is 3.92. The third-order valence-electron chi connectivity index (χ3n) is 5.58. The summed E-state index contributed by atoms with van der Waals surface area (Å²) >= 11 is 9.46. The molecular formula is C10H15NS2. The van der Waals surface area contributed by atoms with E-state index in [0.29, 0.717) is 11.2 Å². The molecule has 0 heterocycles. The van der Waals surface area contributed by atoms with Gasteiger partial charge in [-0.1, -0.05) is 0 Å². The van der Waals surface area contributed by atoms with E-state index in [9.17, 15) is 0 Å². The standard InChI is InChI=1S/C10H15NS2/c11-9-2-1-4(9)7-5-3-6(12)10(5,13)8(7)9/h4-8,12-13H,1-3,11H2. The molecule has 4 aliphatic carbocycles. The molecule has 7 atom stereocenters. The molecule has 0 aromatic carbocycles. The summed E-state index contributed by atoms with van der Waals surface area (Å²) in [6.45, 7) is 0. The zero-order valence-electron chi connectivity index (χ0n) is 7.48. The Balaban J connectivity index is 1.73. The van der Waals surface area contributed by atoms with Gasteiger partial charge < -0.3 is 5.73 Å². The average molecular weight is 213 g/mol. The molecule has 0 amide bonds. The Hall–Kier alpha value is 0.660. The van der Waals surface area contributed by atoms with Crippen LogP contribution in [0.15, 0.2) is 0 Å². The van der Waals surface area contributed by atoms with E-state index in [4.69, 9.17) is 18.4 Å². The van der Waals surface area contributed by atoms with Crippen molar-refractivity contribution in [2.45, 2.75) is 34.8 Å². The summed E-state index contributed by atoms with van der Waals surface area (Å²) in [5.41, 5.74) is 6.59. The first-order valence-electron chi connectivity index (χ1n) is 5.29. The normalized spacial score (nSPS) is 77.3. The van der Waals surface area contributed by atoms with Gasteiger partial charge in [-0.05, 0) is 42.9 Å². The summed E-state index contributed by atoms with van der Waals surface area (Å²) in [7, 11) is 0. The van der Waals surface area contributed by atoms with E-state index in [1.54, 1.807) is 0 Å². The zero-order chi connectivity index (χ0) is 9.01. The Bertz CT molecular complexity index is 307. The molecule has 1 nitrogen and oxygen atoms in total. The summed E-state index contributed by atoms with van der Waals surface area (Å²) in [4.78, 5) is 0. The molecule has 0 aromatic heterocycles. The summed E-state index contributed by atoms with van der Waals surface area (Å²) in [5, 5.41) is 0.518. The van der Waals surface area contributed by atoms with Crippen LogP contribution in [0.25, 0.3) is 0 Å². The molecule has 0 aromatic rings. The van der Waals surface area contributed by atoms with Crippen molar-refractivity contribution in [1.29, 1.82) is 0 Å². The number of rotatable bonds is 0. The van der Waals surface area contributed by atoms with Gasteiger partial charge in [0, 0.05) is 15.5 Å². The third kappa shape index (κ3) is 0.519. The SMILES string of the molecule is NC12CCC1C1C3CC(S)C3(S)C12. The molecule has 4 saturated carbocycles. The molecule has 4 rings (SSSR count). The smallest absolute Gasteiger partial charge is 0.0326 e. The second kappa shape index (κ2) is 1.83. The predicted octanol–water partition coefficient (Wildman–Crippen LogP) is 1.34. The van der Waals surface area contributed by atoms with E-state index >= 15 is 0 Å². The van der Waals surface area contributed by atoms with Gasteiger partial charge in [-0.3, -0.25) is 0 Å². The fraction of sp³-hybridized carbons (Fsp3) is 1.00. The molecule has 3 heteroatoms. The summed E-state index contributed by atoms with van der Waals surface area (Å²) < 4.78 is 0.236. The van der Waals surface area contributed by atoms with Crippen molar-refractivity contribution in [3.63, 3.8) is 0 Å². The fourth-order valence-electron chi connectivity index (χ4n) is 4.79. The largest absolute Gasteiger partial charge is 0.325 e. The Morgan fingerprint density at radius 3 is 2.62 bits per heavy atom. The Kier molecular flexibility index (Phi) is 1.11. The molecule has 2 N–H and O–H groups in total. The van der Waals surface area contributed by atoms with Gasteiger partial charge in [0.05, 0.1) is 0 Å². The predicted molar refractivity (Wildman–Crippen MR) is 59.2 cm³/mol. The molecule has 4 fully saturated rings. The van der Waals surface area contributed by atoms with Crippen molar-refractivity contribution in [1.82, 2.24) is 0 Å². The average Bonchev–Trinajstić information content (AvgIpc) is 2.10. The van der Waals surface area contributed by atoms with Crippen LogP contribution >= 0.6 is 25.3 Å². The molecule has 0 spiro atoms. The first kappa shape index (κ1) is 7.89. The lowest BCUT2D eigenvalue weighted by Gasteiger charge is -2.86. The van der Waals surface area contributed by atoms with Crippen LogP contribution in [0.5, 0.6) is 0 Å². The monoisotopic (exact) mass is 213 g/mol. The van der Waals surface area contributed by atoms with Crippen LogP contribution in [-0.4, -0.2) is 15.5 Å². The Morgan fingerprint density at radius 2 is 2.08 bits per heavy atom. The van der Waals surface area contributed by atoms with Crippen molar-refractivity contribution in [2.24, 2.45) is 29.4 Å². The molecule has 72 valence electrons. The molecule has 0 saturated heterocycles. The van der Waals surface area contributed by atoms with E-state index in [2.05, 4.69) is 12.6 Å². The van der Waals surface area contributed by atoms with Crippen molar-refractivity contribution in [3.05, 3.63) is 0 Å². The van der Waals surface area contributed by atoms with Gasteiger partial charge in [0.2, 0.25) is 0 Å². The van der Waals surface area contributed by atoms with Crippen molar-refractivity contribution in [2.75, 3.05) is 0 Å². The second-order valence-electron chi connectivity index (χ2n) is 5.56. The van der Waals surface area contributed by atoms with E-state index < -0.39 is 0 Å². The van der Waals surface area contributed by atoms with Crippen molar-refractivity contribution in [3.8, 4) is 0 Å². The van der Waals surface area contributed by atoms with E-state index in [0.717, 1.165) is 17.8 Å². The maximum Gasteiger partial charge on any atom is 0.0326 e. The number of fused-ring (bicyclic) bond motifs is 7. The van der Waals surface area contributed by atoms with Gasteiger partial charge in [-0.2, -0.15) is 25.3 Å². The van der Waals surface area contributed by atoms with Gasteiger partial charge in [0.15, 0.2) is 0 Å². The highest BCUT2D eigenvalue weighted by Gasteiger charge is 2.84. The lowest BCUT2D eigenvalue weighted by Crippen LogP contribution is -2.92. The highest BCUT2D eigenvalue weighted by molar-refractivity contribution is 7.86. The number of nitrogens with two attached hydrogens (primary N) is 1. The maximum absolute atomic E-state index is 6.39. The highest BCUT2D eigenvalue weighted by Crippen LogP contribution is 2.81. The summed E-state index contributed by atoms with van der Waals surface area (Å²) in [5.74, 6) is 3.39. The van der Waals surface area contributed by atoms with Gasteiger partial charge in [0.1, 0.15) is 0 Å². The zero-order valence-corrected chi connectivity index (χ0v) is 9.27. The Labute approximate surface area is 89.7 Å². The van der Waals surface area contributed by atoms with E-state index in [1.807, 2.05) is 0 Å². The van der Waals surface area contributed by atoms with Gasteiger partial charge in [-0.15, -0.1) is 0 Å². The Morgan fingerprint density at radius 1 is 1.31 bits per heavy atom. The molecule has 0 aliphatic heterocycles. The molecule has 0 radical (unpaired) electrons. The summed E-state index contributed by atoms with van der Waals surface area (Å²) in [6, 6.07) is 0. The first-order valence-corrected chi connectivity index (χ1v) is 6.26. The fourth-order valence-corrected chi connectivity index (χ4v) is 6.17. The van der Waals surface area contributed by atoms with Gasteiger partial charge in [0.25, 0.3) is 0 Å².